The van der Waals surface area contributed by atoms with Crippen molar-refractivity contribution in [1.82, 2.24) is 4.90 Å². The smallest absolute Gasteiger partial charge is 0.260 e. The molecule has 1 aliphatic rings. The molecular formula is C14H17F2NO4S. The Morgan fingerprint density at radius 3 is 2.64 bits per heavy atom. The lowest BCUT2D eigenvalue weighted by Crippen LogP contribution is -2.43. The van der Waals surface area contributed by atoms with Crippen molar-refractivity contribution in [3.8, 4) is 5.75 Å². The first-order valence-corrected chi connectivity index (χ1v) is 8.72. The number of amides is 1. The van der Waals surface area contributed by atoms with Gasteiger partial charge in [0.2, 0.25) is 0 Å². The molecule has 0 aromatic heterocycles. The van der Waals surface area contributed by atoms with Crippen LogP contribution in [0.2, 0.25) is 0 Å². The van der Waals surface area contributed by atoms with Crippen LogP contribution in [0.5, 0.6) is 5.75 Å². The second-order valence-corrected chi connectivity index (χ2v) is 7.33. The first-order valence-electron chi connectivity index (χ1n) is 6.90. The lowest BCUT2D eigenvalue weighted by molar-refractivity contribution is -0.135. The number of ether oxygens (including phenoxy) is 1. The van der Waals surface area contributed by atoms with E-state index in [0.29, 0.717) is 13.0 Å². The van der Waals surface area contributed by atoms with Crippen molar-refractivity contribution in [2.45, 2.75) is 19.4 Å². The third-order valence-corrected chi connectivity index (χ3v) is 5.31. The normalized spacial score (nSPS) is 19.9. The molecule has 2 rings (SSSR count). The lowest BCUT2D eigenvalue weighted by Gasteiger charge is -2.26. The van der Waals surface area contributed by atoms with Crippen LogP contribution in [0.4, 0.5) is 8.78 Å². The van der Waals surface area contributed by atoms with Crippen LogP contribution in [-0.2, 0) is 14.6 Å². The van der Waals surface area contributed by atoms with Crippen molar-refractivity contribution in [3.63, 3.8) is 0 Å². The molecule has 0 saturated carbocycles. The summed E-state index contributed by atoms with van der Waals surface area (Å²) in [5, 5.41) is 0. The van der Waals surface area contributed by atoms with E-state index in [1.807, 2.05) is 0 Å². The minimum Gasteiger partial charge on any atom is -0.484 e. The zero-order chi connectivity index (χ0) is 16.3. The van der Waals surface area contributed by atoms with E-state index in [9.17, 15) is 22.0 Å². The highest BCUT2D eigenvalue weighted by Crippen LogP contribution is 2.19. The van der Waals surface area contributed by atoms with E-state index in [4.69, 9.17) is 4.74 Å². The van der Waals surface area contributed by atoms with Gasteiger partial charge in [-0.1, -0.05) is 0 Å². The third-order valence-electron chi connectivity index (χ3n) is 3.56. The van der Waals surface area contributed by atoms with Crippen LogP contribution in [-0.4, -0.2) is 49.9 Å². The summed E-state index contributed by atoms with van der Waals surface area (Å²) in [6, 6.07) is 2.65. The Balaban J connectivity index is 1.96. The second kappa shape index (κ2) is 6.60. The zero-order valence-corrected chi connectivity index (χ0v) is 12.9. The summed E-state index contributed by atoms with van der Waals surface area (Å²) in [5.74, 6) is -2.36. The van der Waals surface area contributed by atoms with E-state index in [2.05, 4.69) is 0 Å². The average Bonchev–Trinajstić information content (AvgIpc) is 2.81. The van der Waals surface area contributed by atoms with Gasteiger partial charge in [-0.05, 0) is 25.5 Å². The van der Waals surface area contributed by atoms with Crippen molar-refractivity contribution in [2.24, 2.45) is 0 Å². The molecule has 1 fully saturated rings. The van der Waals surface area contributed by atoms with Gasteiger partial charge in [0.15, 0.2) is 28.1 Å². The molecule has 8 heteroatoms. The fourth-order valence-electron chi connectivity index (χ4n) is 2.45. The number of sulfone groups is 1. The molecule has 0 N–H and O–H groups in total. The topological polar surface area (TPSA) is 63.7 Å². The van der Waals surface area contributed by atoms with Crippen LogP contribution < -0.4 is 4.74 Å². The number of hydrogen-bond acceptors (Lipinski definition) is 4. The minimum absolute atomic E-state index is 0.0438. The molecule has 1 unspecified atom stereocenters. The van der Waals surface area contributed by atoms with Crippen molar-refractivity contribution >= 4 is 15.7 Å². The largest absolute Gasteiger partial charge is 0.484 e. The molecule has 0 spiro atoms. The standard InChI is InChI=1S/C14H17F2NO4S/c1-2-17(10-5-6-22(19,20)9-10)14(18)8-21-11-3-4-12(15)13(16)7-11/h3-4,7,10H,2,5-6,8-9H2,1H3. The highest BCUT2D eigenvalue weighted by molar-refractivity contribution is 7.91. The van der Waals surface area contributed by atoms with Crippen LogP contribution in [0, 0.1) is 11.6 Å². The van der Waals surface area contributed by atoms with Crippen molar-refractivity contribution < 1.29 is 26.7 Å². The summed E-state index contributed by atoms with van der Waals surface area (Å²) in [5.41, 5.74) is 0. The quantitative estimate of drug-likeness (QED) is 0.817. The van der Waals surface area contributed by atoms with Gasteiger partial charge in [0.1, 0.15) is 5.75 Å². The summed E-state index contributed by atoms with van der Waals surface area (Å²) in [6.07, 6.45) is 0.410. The van der Waals surface area contributed by atoms with Crippen molar-refractivity contribution in [2.75, 3.05) is 24.7 Å². The summed E-state index contributed by atoms with van der Waals surface area (Å²) < 4.78 is 54.0. The third kappa shape index (κ3) is 3.94. The van der Waals surface area contributed by atoms with Crippen LogP contribution in [0.15, 0.2) is 18.2 Å². The summed E-state index contributed by atoms with van der Waals surface area (Å²) in [6.45, 7) is 1.76. The molecule has 1 amide bonds. The average molecular weight is 333 g/mol. The summed E-state index contributed by atoms with van der Waals surface area (Å²) in [7, 11) is -3.09. The van der Waals surface area contributed by atoms with Gasteiger partial charge in [0, 0.05) is 18.7 Å². The Labute approximate surface area is 127 Å². The van der Waals surface area contributed by atoms with E-state index in [-0.39, 0.29) is 35.8 Å². The van der Waals surface area contributed by atoms with Crippen LogP contribution >= 0.6 is 0 Å². The Morgan fingerprint density at radius 2 is 2.09 bits per heavy atom. The lowest BCUT2D eigenvalue weighted by atomic mass is 10.2. The van der Waals surface area contributed by atoms with Gasteiger partial charge in [-0.2, -0.15) is 0 Å². The first kappa shape index (κ1) is 16.7. The Hall–Kier alpha value is -1.70. The minimum atomic E-state index is -3.09. The molecule has 0 aliphatic carbocycles. The van der Waals surface area contributed by atoms with Crippen molar-refractivity contribution in [3.05, 3.63) is 29.8 Å². The molecule has 1 aromatic carbocycles. The Bertz CT molecular complexity index is 663. The van der Waals surface area contributed by atoms with Crippen LogP contribution in [0.1, 0.15) is 13.3 Å². The van der Waals surface area contributed by atoms with Gasteiger partial charge in [0.05, 0.1) is 11.5 Å². The number of nitrogens with zero attached hydrogens (tertiary/aromatic N) is 1. The van der Waals surface area contributed by atoms with Crippen LogP contribution in [0.3, 0.4) is 0 Å². The number of hydrogen-bond donors (Lipinski definition) is 0. The molecule has 0 bridgehead atoms. The predicted molar refractivity (Wildman–Crippen MR) is 76.3 cm³/mol. The monoisotopic (exact) mass is 333 g/mol. The molecule has 1 atom stereocenters. The Kier molecular flexibility index (Phi) is 5.00. The molecule has 122 valence electrons. The van der Waals surface area contributed by atoms with Gasteiger partial charge in [-0.3, -0.25) is 4.79 Å². The van der Waals surface area contributed by atoms with Gasteiger partial charge in [-0.15, -0.1) is 0 Å². The van der Waals surface area contributed by atoms with Crippen LogP contribution in [0.25, 0.3) is 0 Å². The van der Waals surface area contributed by atoms with E-state index >= 15 is 0 Å². The van der Waals surface area contributed by atoms with Crippen molar-refractivity contribution in [1.29, 1.82) is 0 Å². The number of carbonyl (C=O) groups excluding carboxylic acids is 1. The van der Waals surface area contributed by atoms with E-state index in [1.165, 1.54) is 11.0 Å². The number of likely N-dealkylation sites (N-methyl/N-ethyl adjacent to an activating group) is 1. The highest BCUT2D eigenvalue weighted by atomic mass is 32.2. The Morgan fingerprint density at radius 1 is 1.36 bits per heavy atom. The van der Waals surface area contributed by atoms with E-state index in [0.717, 1.165) is 12.1 Å². The second-order valence-electron chi connectivity index (χ2n) is 5.10. The van der Waals surface area contributed by atoms with Gasteiger partial charge >= 0.3 is 0 Å². The zero-order valence-electron chi connectivity index (χ0n) is 12.1. The molecule has 1 heterocycles. The van der Waals surface area contributed by atoms with E-state index in [1.54, 1.807) is 6.92 Å². The molecule has 1 aliphatic heterocycles. The number of carbonyl (C=O) groups is 1. The SMILES string of the molecule is CCN(C(=O)COc1ccc(F)c(F)c1)C1CCS(=O)(=O)C1. The van der Waals surface area contributed by atoms with Gasteiger partial charge < -0.3 is 9.64 Å². The molecule has 0 radical (unpaired) electrons. The fourth-order valence-corrected chi connectivity index (χ4v) is 4.18. The molecule has 5 nitrogen and oxygen atoms in total. The fraction of sp³-hybridized carbons (Fsp3) is 0.500. The number of benzene rings is 1. The molecule has 22 heavy (non-hydrogen) atoms. The van der Waals surface area contributed by atoms with Gasteiger partial charge in [0.25, 0.3) is 5.91 Å². The molecular weight excluding hydrogens is 316 g/mol. The summed E-state index contributed by atoms with van der Waals surface area (Å²) in [4.78, 5) is 13.6. The maximum Gasteiger partial charge on any atom is 0.260 e. The number of halogens is 2. The van der Waals surface area contributed by atoms with E-state index < -0.39 is 21.5 Å². The maximum atomic E-state index is 13.0. The predicted octanol–water partition coefficient (Wildman–Crippen LogP) is 1.38. The first-order chi connectivity index (χ1) is 10.3. The number of rotatable bonds is 5. The maximum absolute atomic E-state index is 13.0. The van der Waals surface area contributed by atoms with Gasteiger partial charge in [-0.25, -0.2) is 17.2 Å². The summed E-state index contributed by atoms with van der Waals surface area (Å²) >= 11 is 0. The highest BCUT2D eigenvalue weighted by Gasteiger charge is 2.33. The molecule has 1 aromatic rings. The molecule has 1 saturated heterocycles.